The molecule has 1 aliphatic rings. The van der Waals surface area contributed by atoms with Gasteiger partial charge in [-0.25, -0.2) is 0 Å². The summed E-state index contributed by atoms with van der Waals surface area (Å²) in [6.07, 6.45) is 3.37. The summed E-state index contributed by atoms with van der Waals surface area (Å²) in [5, 5.41) is 4.11. The number of likely N-dealkylation sites (N-methyl/N-ethyl adjacent to an activating group) is 1. The largest absolute Gasteiger partial charge is 0.655 e. The van der Waals surface area contributed by atoms with E-state index in [1.165, 1.54) is 19.4 Å². The van der Waals surface area contributed by atoms with Crippen LogP contribution in [0, 0.1) is 0 Å². The topological polar surface area (TPSA) is 34.4 Å². The van der Waals surface area contributed by atoms with Crippen molar-refractivity contribution in [2.45, 2.75) is 18.9 Å². The van der Waals surface area contributed by atoms with Crippen molar-refractivity contribution in [3.63, 3.8) is 0 Å². The molecule has 0 bridgehead atoms. The molecule has 12 heavy (non-hydrogen) atoms. The van der Waals surface area contributed by atoms with Gasteiger partial charge in [-0.15, -0.1) is 6.54 Å². The zero-order valence-corrected chi connectivity index (χ0v) is 10.3. The fourth-order valence-electron chi connectivity index (χ4n) is 1.49. The summed E-state index contributed by atoms with van der Waals surface area (Å²) in [5.41, 5.74) is 0. The SMILES string of the molecule is CN1CCCC1C[N-]CC=O.[W]. The molecule has 1 unspecified atom stereocenters. The van der Waals surface area contributed by atoms with E-state index >= 15 is 0 Å². The molecule has 3 nitrogen and oxygen atoms in total. The first-order valence-electron chi connectivity index (χ1n) is 4.11. The maximum absolute atomic E-state index is 9.95. The number of aldehydes is 1. The van der Waals surface area contributed by atoms with Gasteiger partial charge in [-0.3, -0.25) is 0 Å². The monoisotopic (exact) mass is 339 g/mol. The average molecular weight is 339 g/mol. The van der Waals surface area contributed by atoms with Gasteiger partial charge in [0.05, 0.1) is 6.29 Å². The Morgan fingerprint density at radius 1 is 1.67 bits per heavy atom. The molecule has 1 saturated heterocycles. The molecule has 1 fully saturated rings. The van der Waals surface area contributed by atoms with E-state index in [1.807, 2.05) is 0 Å². The Hall–Kier alpha value is 0.278. The van der Waals surface area contributed by atoms with Gasteiger partial charge in [0.2, 0.25) is 0 Å². The number of nitrogens with zero attached hydrogens (tertiary/aromatic N) is 2. The molecule has 0 N–H and O–H groups in total. The molecule has 0 saturated carbocycles. The third kappa shape index (κ3) is 3.79. The predicted molar refractivity (Wildman–Crippen MR) is 44.8 cm³/mol. The van der Waals surface area contributed by atoms with Crippen LogP contribution in [0.5, 0.6) is 0 Å². The third-order valence-corrected chi connectivity index (χ3v) is 2.21. The summed E-state index contributed by atoms with van der Waals surface area (Å²) in [6, 6.07) is 0.593. The summed E-state index contributed by atoms with van der Waals surface area (Å²) in [5.74, 6) is 0. The van der Waals surface area contributed by atoms with Gasteiger partial charge < -0.3 is 15.0 Å². The van der Waals surface area contributed by atoms with Gasteiger partial charge in [0.1, 0.15) is 0 Å². The fraction of sp³-hybridized carbons (Fsp3) is 0.875. The third-order valence-electron chi connectivity index (χ3n) is 2.21. The van der Waals surface area contributed by atoms with E-state index in [-0.39, 0.29) is 21.1 Å². The number of likely N-dealkylation sites (tertiary alicyclic amines) is 1. The van der Waals surface area contributed by atoms with Crippen LogP contribution < -0.4 is 0 Å². The summed E-state index contributed by atoms with van der Waals surface area (Å²) in [6.45, 7) is 2.38. The second-order valence-electron chi connectivity index (χ2n) is 3.03. The van der Waals surface area contributed by atoms with Gasteiger partial charge in [0, 0.05) is 21.1 Å². The van der Waals surface area contributed by atoms with Crippen molar-refractivity contribution in [1.29, 1.82) is 0 Å². The van der Waals surface area contributed by atoms with Crippen LogP contribution in [0.25, 0.3) is 5.32 Å². The summed E-state index contributed by atoms with van der Waals surface area (Å²) in [7, 11) is 2.12. The Labute approximate surface area is 88.1 Å². The van der Waals surface area contributed by atoms with Crippen molar-refractivity contribution in [2.24, 2.45) is 0 Å². The Morgan fingerprint density at radius 2 is 2.42 bits per heavy atom. The van der Waals surface area contributed by atoms with E-state index in [0.29, 0.717) is 12.6 Å². The molecule has 0 amide bonds. The average Bonchev–Trinajstić information content (AvgIpc) is 2.37. The van der Waals surface area contributed by atoms with E-state index in [0.717, 1.165) is 12.8 Å². The molecule has 1 atom stereocenters. The Kier molecular flexibility index (Phi) is 6.91. The maximum atomic E-state index is 9.95. The molecular weight excluding hydrogens is 324 g/mol. The maximum Gasteiger partial charge on any atom is 0.0991 e. The van der Waals surface area contributed by atoms with E-state index < -0.39 is 0 Å². The predicted octanol–water partition coefficient (Wildman–Crippen LogP) is 0.651. The van der Waals surface area contributed by atoms with E-state index in [2.05, 4.69) is 17.3 Å². The smallest absolute Gasteiger partial charge is 0.0991 e. The molecular formula is C8H15N2OW-. The Morgan fingerprint density at radius 3 is 2.92 bits per heavy atom. The van der Waals surface area contributed by atoms with Gasteiger partial charge in [-0.05, 0) is 32.5 Å². The normalized spacial score (nSPS) is 23.6. The van der Waals surface area contributed by atoms with Gasteiger partial charge in [-0.1, -0.05) is 6.54 Å². The van der Waals surface area contributed by atoms with Crippen molar-refractivity contribution < 1.29 is 25.9 Å². The second kappa shape index (κ2) is 6.76. The standard InChI is InChI=1S/C8H15N2O.W/c1-10-5-2-3-8(10)7-9-4-6-11;/h6,8H,2-5,7H2,1H3;/q-1;. The summed E-state index contributed by atoms with van der Waals surface area (Å²) >= 11 is 0. The molecule has 1 aliphatic heterocycles. The van der Waals surface area contributed by atoms with Crippen LogP contribution in [0.4, 0.5) is 0 Å². The van der Waals surface area contributed by atoms with Crippen LogP contribution >= 0.6 is 0 Å². The first-order valence-corrected chi connectivity index (χ1v) is 4.11. The number of hydrogen-bond donors (Lipinski definition) is 0. The van der Waals surface area contributed by atoms with Crippen molar-refractivity contribution in [3.05, 3.63) is 5.32 Å². The van der Waals surface area contributed by atoms with Gasteiger partial charge in [0.15, 0.2) is 0 Å². The van der Waals surface area contributed by atoms with Crippen molar-refractivity contribution in [3.8, 4) is 0 Å². The zero-order valence-electron chi connectivity index (χ0n) is 7.40. The molecule has 0 aromatic carbocycles. The van der Waals surface area contributed by atoms with Crippen LogP contribution in [-0.4, -0.2) is 43.9 Å². The Bertz CT molecular complexity index is 132. The molecule has 1 heterocycles. The van der Waals surface area contributed by atoms with Gasteiger partial charge in [0.25, 0.3) is 0 Å². The first-order chi connectivity index (χ1) is 5.34. The minimum atomic E-state index is 0. The number of carbonyl (C=O) groups is 1. The number of rotatable bonds is 4. The van der Waals surface area contributed by atoms with Crippen molar-refractivity contribution >= 4 is 6.29 Å². The Balaban J connectivity index is 0.00000121. The molecule has 0 aliphatic carbocycles. The minimum Gasteiger partial charge on any atom is -0.655 e. The van der Waals surface area contributed by atoms with Crippen molar-refractivity contribution in [2.75, 3.05) is 26.7 Å². The molecule has 0 spiro atoms. The fourth-order valence-corrected chi connectivity index (χ4v) is 1.49. The molecule has 0 aromatic rings. The minimum absolute atomic E-state index is 0. The van der Waals surface area contributed by atoms with E-state index in [1.54, 1.807) is 0 Å². The first kappa shape index (κ1) is 12.3. The zero-order chi connectivity index (χ0) is 8.10. The second-order valence-corrected chi connectivity index (χ2v) is 3.03. The van der Waals surface area contributed by atoms with Crippen LogP contribution in [0.3, 0.4) is 0 Å². The molecule has 0 aromatic heterocycles. The van der Waals surface area contributed by atoms with Gasteiger partial charge >= 0.3 is 0 Å². The molecule has 1 rings (SSSR count). The van der Waals surface area contributed by atoms with Crippen LogP contribution in [0.1, 0.15) is 12.8 Å². The molecule has 70 valence electrons. The van der Waals surface area contributed by atoms with Gasteiger partial charge in [-0.2, -0.15) is 0 Å². The van der Waals surface area contributed by atoms with Crippen LogP contribution in [0.15, 0.2) is 0 Å². The van der Waals surface area contributed by atoms with Crippen LogP contribution in [0.2, 0.25) is 0 Å². The van der Waals surface area contributed by atoms with Crippen molar-refractivity contribution in [1.82, 2.24) is 4.90 Å². The summed E-state index contributed by atoms with van der Waals surface area (Å²) in [4.78, 5) is 12.3. The molecule has 4 heteroatoms. The van der Waals surface area contributed by atoms with E-state index in [4.69, 9.17) is 0 Å². The van der Waals surface area contributed by atoms with Crippen LogP contribution in [-0.2, 0) is 25.9 Å². The molecule has 0 radical (unpaired) electrons. The quantitative estimate of drug-likeness (QED) is 0.557. The number of carbonyl (C=O) groups excluding carboxylic acids is 1. The summed E-state index contributed by atoms with van der Waals surface area (Å²) < 4.78 is 0. The van der Waals surface area contributed by atoms with E-state index in [9.17, 15) is 4.79 Å². The number of hydrogen-bond acceptors (Lipinski definition) is 2.